The standard InChI is InChI=1S/C24H24O5/c1-9-13(5)27-8-15-18(9)12(4)22(26)21-23(15)29-17-7-16(25)11(3)19-10(2)14(6)28-24(21)20(17)19/h7-10,13-14H,1-6H3. The third kappa shape index (κ3) is 2.21. The quantitative estimate of drug-likeness (QED) is 0.545. The summed E-state index contributed by atoms with van der Waals surface area (Å²) in [5.41, 5.74) is 4.02. The molecule has 0 amide bonds. The molecule has 150 valence electrons. The summed E-state index contributed by atoms with van der Waals surface area (Å²) in [5, 5.41) is 1.95. The molecule has 0 saturated heterocycles. The summed E-state index contributed by atoms with van der Waals surface area (Å²) >= 11 is 0. The molecule has 0 aliphatic carbocycles. The molecule has 0 N–H and O–H groups in total. The van der Waals surface area contributed by atoms with E-state index in [1.54, 1.807) is 6.26 Å². The van der Waals surface area contributed by atoms with Gasteiger partial charge < -0.3 is 13.9 Å². The first-order valence-electron chi connectivity index (χ1n) is 10.1. The lowest BCUT2D eigenvalue weighted by atomic mass is 9.84. The van der Waals surface area contributed by atoms with Gasteiger partial charge in [-0.1, -0.05) is 13.8 Å². The van der Waals surface area contributed by atoms with E-state index in [1.165, 1.54) is 6.07 Å². The molecule has 0 fully saturated rings. The van der Waals surface area contributed by atoms with Crippen LogP contribution in [0.4, 0.5) is 0 Å². The van der Waals surface area contributed by atoms with Crippen molar-refractivity contribution in [2.75, 3.05) is 0 Å². The van der Waals surface area contributed by atoms with E-state index in [1.807, 2.05) is 34.6 Å². The highest BCUT2D eigenvalue weighted by molar-refractivity contribution is 6.02. The number of hydrogen-bond acceptors (Lipinski definition) is 5. The fourth-order valence-electron chi connectivity index (χ4n) is 4.93. The maximum Gasteiger partial charge on any atom is 0.196 e. The Labute approximate surface area is 167 Å². The van der Waals surface area contributed by atoms with Crippen LogP contribution in [0.5, 0.6) is 5.75 Å². The van der Waals surface area contributed by atoms with E-state index < -0.39 is 0 Å². The van der Waals surface area contributed by atoms with Gasteiger partial charge in [0.05, 0.1) is 16.9 Å². The molecule has 0 bridgehead atoms. The Bertz CT molecular complexity index is 1380. The van der Waals surface area contributed by atoms with Crippen molar-refractivity contribution in [3.63, 3.8) is 0 Å². The molecule has 1 aromatic heterocycles. The van der Waals surface area contributed by atoms with Crippen molar-refractivity contribution in [3.8, 4) is 5.75 Å². The first-order chi connectivity index (χ1) is 13.7. The van der Waals surface area contributed by atoms with Gasteiger partial charge in [-0.05, 0) is 38.8 Å². The van der Waals surface area contributed by atoms with Gasteiger partial charge in [0.25, 0.3) is 0 Å². The molecule has 2 aromatic carbocycles. The fraction of sp³-hybridized carbons (Fsp3) is 0.417. The second-order valence-electron chi connectivity index (χ2n) is 8.56. The molecular weight excluding hydrogens is 368 g/mol. The Hall–Kier alpha value is -2.82. The number of hydrogen-bond donors (Lipinski definition) is 0. The highest BCUT2D eigenvalue weighted by Gasteiger charge is 2.34. The van der Waals surface area contributed by atoms with E-state index in [2.05, 4.69) is 6.92 Å². The van der Waals surface area contributed by atoms with E-state index in [9.17, 15) is 9.59 Å². The average molecular weight is 392 g/mol. The largest absolute Gasteiger partial charge is 0.497 e. The van der Waals surface area contributed by atoms with Crippen LogP contribution in [-0.2, 0) is 4.74 Å². The van der Waals surface area contributed by atoms with Gasteiger partial charge in [0.15, 0.2) is 16.4 Å². The molecule has 3 aromatic rings. The first kappa shape index (κ1) is 18.2. The molecule has 2 aliphatic heterocycles. The van der Waals surface area contributed by atoms with E-state index in [4.69, 9.17) is 13.9 Å². The van der Waals surface area contributed by atoms with Crippen LogP contribution in [0.15, 0.2) is 20.1 Å². The van der Waals surface area contributed by atoms with Gasteiger partial charge in [-0.3, -0.25) is 9.59 Å². The smallest absolute Gasteiger partial charge is 0.196 e. The lowest BCUT2D eigenvalue weighted by Crippen LogP contribution is -2.33. The van der Waals surface area contributed by atoms with Crippen LogP contribution >= 0.6 is 0 Å². The first-order valence-corrected chi connectivity index (χ1v) is 10.1. The van der Waals surface area contributed by atoms with E-state index >= 15 is 0 Å². The molecule has 5 rings (SSSR count). The number of benzene rings is 2. The van der Waals surface area contributed by atoms with Gasteiger partial charge in [-0.2, -0.15) is 0 Å². The summed E-state index contributed by atoms with van der Waals surface area (Å²) in [6.45, 7) is 11.8. The Morgan fingerprint density at radius 2 is 1.55 bits per heavy atom. The minimum atomic E-state index is -0.160. The van der Waals surface area contributed by atoms with E-state index in [0.29, 0.717) is 33.4 Å². The second-order valence-corrected chi connectivity index (χ2v) is 8.56. The van der Waals surface area contributed by atoms with Crippen molar-refractivity contribution >= 4 is 28.2 Å². The number of fused-ring (bicyclic) bond motifs is 4. The average Bonchev–Trinajstić information content (AvgIpc) is 2.68. The molecule has 2 aliphatic rings. The van der Waals surface area contributed by atoms with Crippen LogP contribution in [0.25, 0.3) is 28.2 Å². The topological polar surface area (TPSA) is 65.7 Å². The predicted octanol–water partition coefficient (Wildman–Crippen LogP) is 3.79. The Morgan fingerprint density at radius 3 is 2.28 bits per heavy atom. The molecule has 0 radical (unpaired) electrons. The molecule has 29 heavy (non-hydrogen) atoms. The third-order valence-electron chi connectivity index (χ3n) is 6.97. The maximum atomic E-state index is 13.5. The fourth-order valence-corrected chi connectivity index (χ4v) is 4.93. The predicted molar refractivity (Wildman–Crippen MR) is 113 cm³/mol. The second kappa shape index (κ2) is 5.85. The molecule has 0 saturated carbocycles. The summed E-state index contributed by atoms with van der Waals surface area (Å²) in [5.74, 6) is 0.606. The van der Waals surface area contributed by atoms with Gasteiger partial charge >= 0.3 is 0 Å². The van der Waals surface area contributed by atoms with Gasteiger partial charge in [-0.15, -0.1) is 0 Å². The summed E-state index contributed by atoms with van der Waals surface area (Å²) < 4.78 is 18.4. The van der Waals surface area contributed by atoms with Crippen molar-refractivity contribution in [1.82, 2.24) is 0 Å². The van der Waals surface area contributed by atoms with Crippen molar-refractivity contribution in [3.05, 3.63) is 54.0 Å². The summed E-state index contributed by atoms with van der Waals surface area (Å²) in [4.78, 5) is 26.1. The zero-order valence-corrected chi connectivity index (χ0v) is 17.5. The van der Waals surface area contributed by atoms with Crippen LogP contribution in [0.2, 0.25) is 0 Å². The van der Waals surface area contributed by atoms with E-state index in [0.717, 1.165) is 21.7 Å². The van der Waals surface area contributed by atoms with Crippen LogP contribution in [-0.4, -0.2) is 12.2 Å². The molecule has 4 unspecified atom stereocenters. The number of ether oxygens (including phenoxy) is 2. The van der Waals surface area contributed by atoms with Gasteiger partial charge in [0, 0.05) is 29.0 Å². The van der Waals surface area contributed by atoms with Crippen molar-refractivity contribution in [2.45, 2.75) is 65.6 Å². The molecule has 0 spiro atoms. The summed E-state index contributed by atoms with van der Waals surface area (Å²) in [6.07, 6.45) is 1.49. The summed E-state index contributed by atoms with van der Waals surface area (Å²) in [6, 6.07) is 1.51. The highest BCUT2D eigenvalue weighted by Crippen LogP contribution is 2.44. The monoisotopic (exact) mass is 392 g/mol. The van der Waals surface area contributed by atoms with Gasteiger partial charge in [-0.25, -0.2) is 0 Å². The maximum absolute atomic E-state index is 13.5. The Kier molecular flexibility index (Phi) is 3.67. The SMILES string of the molecule is Cc1c2c3c(c4c(=O)c(C)c5c(c4oc3cc1=O)=COC(C)C5C)OC(C)C2C. The zero-order chi connectivity index (χ0) is 20.8. The van der Waals surface area contributed by atoms with Gasteiger partial charge in [0.2, 0.25) is 0 Å². The van der Waals surface area contributed by atoms with Crippen LogP contribution in [0.1, 0.15) is 61.8 Å². The molecule has 4 atom stereocenters. The minimum Gasteiger partial charge on any atom is -0.497 e. The lowest BCUT2D eigenvalue weighted by molar-refractivity contribution is 0.164. The van der Waals surface area contributed by atoms with Crippen molar-refractivity contribution in [2.24, 2.45) is 0 Å². The normalized spacial score (nSPS) is 25.3. The molecule has 5 heteroatoms. The molecular formula is C24H24O5. The Balaban J connectivity index is 2.09. The molecule has 5 nitrogen and oxygen atoms in total. The van der Waals surface area contributed by atoms with Crippen LogP contribution in [0.3, 0.4) is 0 Å². The van der Waals surface area contributed by atoms with Crippen molar-refractivity contribution in [1.29, 1.82) is 0 Å². The minimum absolute atomic E-state index is 0.0242. The highest BCUT2D eigenvalue weighted by atomic mass is 16.5. The lowest BCUT2D eigenvalue weighted by Gasteiger charge is -2.32. The van der Waals surface area contributed by atoms with Crippen molar-refractivity contribution < 1.29 is 13.9 Å². The number of rotatable bonds is 0. The zero-order valence-electron chi connectivity index (χ0n) is 17.5. The van der Waals surface area contributed by atoms with Crippen LogP contribution < -0.4 is 20.8 Å². The third-order valence-corrected chi connectivity index (χ3v) is 6.97. The van der Waals surface area contributed by atoms with Crippen LogP contribution in [0, 0.1) is 13.8 Å². The summed E-state index contributed by atoms with van der Waals surface area (Å²) in [7, 11) is 0. The van der Waals surface area contributed by atoms with E-state index in [-0.39, 0.29) is 34.9 Å². The molecule has 3 heterocycles. The Morgan fingerprint density at radius 1 is 0.862 bits per heavy atom. The van der Waals surface area contributed by atoms with Gasteiger partial charge in [0.1, 0.15) is 28.9 Å².